The Balaban J connectivity index is 1.93. The monoisotopic (exact) mass is 234 g/mol. The van der Waals surface area contributed by atoms with Gasteiger partial charge in [-0.25, -0.2) is 0 Å². The summed E-state index contributed by atoms with van der Waals surface area (Å²) in [6.07, 6.45) is 1.36. The summed E-state index contributed by atoms with van der Waals surface area (Å²) >= 11 is 0. The fourth-order valence-corrected chi connectivity index (χ4v) is 2.20. The summed E-state index contributed by atoms with van der Waals surface area (Å²) in [5.74, 6) is 0.770. The van der Waals surface area contributed by atoms with Crippen molar-refractivity contribution in [3.8, 4) is 5.75 Å². The molecule has 4 heteroatoms. The second kappa shape index (κ2) is 5.19. The third kappa shape index (κ3) is 2.97. The van der Waals surface area contributed by atoms with Crippen LogP contribution in [-0.4, -0.2) is 35.5 Å². The number of hydrogen-bond acceptors (Lipinski definition) is 3. The number of carbonyl (C=O) groups excluding carboxylic acids is 1. The number of aromatic hydroxyl groups is 1. The van der Waals surface area contributed by atoms with Crippen molar-refractivity contribution in [1.29, 1.82) is 0 Å². The number of nitrogens with zero attached hydrogens (tertiary/aromatic N) is 1. The van der Waals surface area contributed by atoms with E-state index in [-0.39, 0.29) is 11.7 Å². The van der Waals surface area contributed by atoms with Crippen molar-refractivity contribution in [3.63, 3.8) is 0 Å². The summed E-state index contributed by atoms with van der Waals surface area (Å²) in [5, 5.41) is 9.33. The average molecular weight is 234 g/mol. The Labute approximate surface area is 101 Å². The number of likely N-dealkylation sites (tertiary alicyclic amines) is 1. The summed E-state index contributed by atoms with van der Waals surface area (Å²) in [6, 6.07) is 6.85. The molecular weight excluding hydrogens is 216 g/mol. The maximum absolute atomic E-state index is 12.0. The van der Waals surface area contributed by atoms with Gasteiger partial charge in [-0.15, -0.1) is 0 Å². The van der Waals surface area contributed by atoms with Gasteiger partial charge in [0.15, 0.2) is 0 Å². The minimum atomic E-state index is 0.117. The predicted molar refractivity (Wildman–Crippen MR) is 65.6 cm³/mol. The van der Waals surface area contributed by atoms with E-state index in [4.69, 9.17) is 5.73 Å². The summed E-state index contributed by atoms with van der Waals surface area (Å²) < 4.78 is 0. The topological polar surface area (TPSA) is 66.6 Å². The molecule has 3 N–H and O–H groups in total. The molecule has 0 aromatic heterocycles. The van der Waals surface area contributed by atoms with Gasteiger partial charge in [0, 0.05) is 13.1 Å². The summed E-state index contributed by atoms with van der Waals surface area (Å²) in [4.78, 5) is 13.9. The van der Waals surface area contributed by atoms with E-state index in [9.17, 15) is 9.90 Å². The summed E-state index contributed by atoms with van der Waals surface area (Å²) in [7, 11) is 0. The largest absolute Gasteiger partial charge is 0.508 e. The van der Waals surface area contributed by atoms with Crippen LogP contribution in [0.25, 0.3) is 0 Å². The molecule has 1 aromatic rings. The molecule has 1 saturated heterocycles. The quantitative estimate of drug-likeness (QED) is 0.810. The maximum atomic E-state index is 12.0. The molecule has 2 rings (SSSR count). The van der Waals surface area contributed by atoms with Crippen molar-refractivity contribution in [2.24, 2.45) is 11.7 Å². The van der Waals surface area contributed by atoms with Crippen molar-refractivity contribution in [1.82, 2.24) is 4.90 Å². The zero-order valence-corrected chi connectivity index (χ0v) is 9.80. The van der Waals surface area contributed by atoms with Crippen molar-refractivity contribution in [3.05, 3.63) is 29.8 Å². The third-order valence-corrected chi connectivity index (χ3v) is 3.24. The molecule has 0 bridgehead atoms. The smallest absolute Gasteiger partial charge is 0.227 e. The lowest BCUT2D eigenvalue weighted by atomic mass is 10.1. The van der Waals surface area contributed by atoms with Crippen molar-refractivity contribution >= 4 is 5.91 Å². The van der Waals surface area contributed by atoms with Crippen LogP contribution < -0.4 is 5.73 Å². The summed E-state index contributed by atoms with van der Waals surface area (Å²) in [6.45, 7) is 2.23. The van der Waals surface area contributed by atoms with Crippen molar-refractivity contribution in [2.45, 2.75) is 12.8 Å². The highest BCUT2D eigenvalue weighted by molar-refractivity contribution is 5.79. The van der Waals surface area contributed by atoms with Crippen LogP contribution in [0.4, 0.5) is 0 Å². The fourth-order valence-electron chi connectivity index (χ4n) is 2.20. The van der Waals surface area contributed by atoms with Gasteiger partial charge in [-0.2, -0.15) is 0 Å². The van der Waals surface area contributed by atoms with Crippen LogP contribution in [0.15, 0.2) is 24.3 Å². The van der Waals surface area contributed by atoms with Crippen LogP contribution in [0.2, 0.25) is 0 Å². The van der Waals surface area contributed by atoms with Crippen LogP contribution in [-0.2, 0) is 11.2 Å². The van der Waals surface area contributed by atoms with Gasteiger partial charge >= 0.3 is 0 Å². The minimum absolute atomic E-state index is 0.117. The lowest BCUT2D eigenvalue weighted by Gasteiger charge is -2.16. The van der Waals surface area contributed by atoms with Gasteiger partial charge in [-0.3, -0.25) is 4.79 Å². The van der Waals surface area contributed by atoms with Gasteiger partial charge in [-0.05, 0) is 36.6 Å². The van der Waals surface area contributed by atoms with Gasteiger partial charge in [-0.1, -0.05) is 12.1 Å². The number of rotatable bonds is 3. The van der Waals surface area contributed by atoms with E-state index in [1.807, 2.05) is 11.0 Å². The Hall–Kier alpha value is -1.55. The zero-order chi connectivity index (χ0) is 12.3. The second-order valence-electron chi connectivity index (χ2n) is 4.58. The molecule has 1 aliphatic rings. The Morgan fingerprint density at radius 1 is 1.53 bits per heavy atom. The molecule has 1 unspecified atom stereocenters. The van der Waals surface area contributed by atoms with Crippen LogP contribution in [0.5, 0.6) is 5.75 Å². The highest BCUT2D eigenvalue weighted by Gasteiger charge is 2.24. The Bertz CT molecular complexity index is 406. The first-order chi connectivity index (χ1) is 8.19. The molecule has 0 saturated carbocycles. The van der Waals surface area contributed by atoms with E-state index in [1.54, 1.807) is 18.2 Å². The van der Waals surface area contributed by atoms with Gasteiger partial charge in [0.25, 0.3) is 0 Å². The highest BCUT2D eigenvalue weighted by atomic mass is 16.3. The number of hydrogen-bond donors (Lipinski definition) is 2. The molecule has 1 amide bonds. The van der Waals surface area contributed by atoms with Crippen LogP contribution in [0, 0.1) is 5.92 Å². The molecule has 0 spiro atoms. The average Bonchev–Trinajstić information content (AvgIpc) is 2.77. The molecule has 1 aromatic carbocycles. The maximum Gasteiger partial charge on any atom is 0.227 e. The van der Waals surface area contributed by atoms with Gasteiger partial charge in [0.2, 0.25) is 5.91 Å². The van der Waals surface area contributed by atoms with Gasteiger partial charge < -0.3 is 15.7 Å². The number of benzene rings is 1. The number of nitrogens with two attached hydrogens (primary N) is 1. The molecule has 0 radical (unpaired) electrons. The number of phenolic OH excluding ortho intramolecular Hbond substituents is 1. The summed E-state index contributed by atoms with van der Waals surface area (Å²) in [5.41, 5.74) is 6.45. The van der Waals surface area contributed by atoms with E-state index in [1.165, 1.54) is 0 Å². The van der Waals surface area contributed by atoms with Crippen LogP contribution >= 0.6 is 0 Å². The van der Waals surface area contributed by atoms with E-state index >= 15 is 0 Å². The second-order valence-corrected chi connectivity index (χ2v) is 4.58. The first-order valence-electron chi connectivity index (χ1n) is 5.95. The highest BCUT2D eigenvalue weighted by Crippen LogP contribution is 2.17. The third-order valence-electron chi connectivity index (χ3n) is 3.24. The normalized spacial score (nSPS) is 19.6. The van der Waals surface area contributed by atoms with E-state index < -0.39 is 0 Å². The Kier molecular flexibility index (Phi) is 3.64. The standard InChI is InChI=1S/C13H18N2O2/c14-8-11-4-5-15(9-11)13(17)7-10-2-1-3-12(16)6-10/h1-3,6,11,16H,4-5,7-9,14H2. The first kappa shape index (κ1) is 11.9. The molecule has 4 nitrogen and oxygen atoms in total. The van der Waals surface area contributed by atoms with E-state index in [2.05, 4.69) is 0 Å². The first-order valence-corrected chi connectivity index (χ1v) is 5.95. The Morgan fingerprint density at radius 2 is 2.35 bits per heavy atom. The minimum Gasteiger partial charge on any atom is -0.508 e. The van der Waals surface area contributed by atoms with Crippen molar-refractivity contribution < 1.29 is 9.90 Å². The molecule has 1 aliphatic heterocycles. The molecule has 1 fully saturated rings. The van der Waals surface area contributed by atoms with Gasteiger partial charge in [0.05, 0.1) is 6.42 Å². The van der Waals surface area contributed by atoms with E-state index in [0.29, 0.717) is 18.9 Å². The van der Waals surface area contributed by atoms with Crippen LogP contribution in [0.3, 0.4) is 0 Å². The molecular formula is C13H18N2O2. The number of amides is 1. The molecule has 17 heavy (non-hydrogen) atoms. The van der Waals surface area contributed by atoms with Gasteiger partial charge in [0.1, 0.15) is 5.75 Å². The van der Waals surface area contributed by atoms with E-state index in [0.717, 1.165) is 25.1 Å². The molecule has 0 aliphatic carbocycles. The Morgan fingerprint density at radius 3 is 3.00 bits per heavy atom. The van der Waals surface area contributed by atoms with Crippen molar-refractivity contribution in [2.75, 3.05) is 19.6 Å². The number of phenols is 1. The lowest BCUT2D eigenvalue weighted by Crippen LogP contribution is -2.31. The van der Waals surface area contributed by atoms with Crippen LogP contribution in [0.1, 0.15) is 12.0 Å². The lowest BCUT2D eigenvalue weighted by molar-refractivity contribution is -0.129. The number of carbonyl (C=O) groups is 1. The fraction of sp³-hybridized carbons (Fsp3) is 0.462. The zero-order valence-electron chi connectivity index (χ0n) is 9.80. The SMILES string of the molecule is NCC1CCN(C(=O)Cc2cccc(O)c2)C1. The molecule has 1 atom stereocenters. The molecule has 1 heterocycles. The predicted octanol–water partition coefficient (Wildman–Crippen LogP) is 0.742. The molecule has 92 valence electrons.